The van der Waals surface area contributed by atoms with E-state index in [9.17, 15) is 18.0 Å². The molecule has 3 N–H and O–H groups in total. The van der Waals surface area contributed by atoms with Crippen LogP contribution in [0.4, 0.5) is 0 Å². The fraction of sp³-hybridized carbons (Fsp3) is 0.579. The monoisotopic (exact) mass is 395 g/mol. The van der Waals surface area contributed by atoms with E-state index in [0.717, 1.165) is 25.7 Å². The summed E-state index contributed by atoms with van der Waals surface area (Å²) in [6.45, 7) is 1.68. The number of Topliss-reactive ketones (excluding diaryl/α,β-unsaturated/α-hetero) is 1. The van der Waals surface area contributed by atoms with Gasteiger partial charge in [0.05, 0.1) is 4.90 Å². The Morgan fingerprint density at radius 2 is 1.74 bits per heavy atom. The summed E-state index contributed by atoms with van der Waals surface area (Å²) in [5, 5.41) is 3.01. The number of benzene rings is 1. The standard InChI is InChI=1S/C19H29N3O4S/c1-14(23)15-5-11-18(12-6-15)27(25,26)22(2)13-3-4-19(24)21-17-9-7-16(20)8-10-17/h5-6,11-12,16-17H,3-4,7-10,13,20H2,1-2H3,(H,21,24). The van der Waals surface area contributed by atoms with Gasteiger partial charge in [-0.3, -0.25) is 9.59 Å². The highest BCUT2D eigenvalue weighted by Gasteiger charge is 2.22. The van der Waals surface area contributed by atoms with Crippen LogP contribution >= 0.6 is 0 Å². The van der Waals surface area contributed by atoms with E-state index < -0.39 is 10.0 Å². The Kier molecular flexibility index (Phi) is 7.52. The van der Waals surface area contributed by atoms with Gasteiger partial charge in [0.1, 0.15) is 0 Å². The van der Waals surface area contributed by atoms with E-state index in [0.29, 0.717) is 12.0 Å². The summed E-state index contributed by atoms with van der Waals surface area (Å²) in [7, 11) is -2.14. The van der Waals surface area contributed by atoms with Crippen molar-refractivity contribution in [2.75, 3.05) is 13.6 Å². The van der Waals surface area contributed by atoms with Crippen LogP contribution in [0, 0.1) is 0 Å². The van der Waals surface area contributed by atoms with E-state index in [2.05, 4.69) is 5.32 Å². The molecule has 0 radical (unpaired) electrons. The van der Waals surface area contributed by atoms with Gasteiger partial charge in [0, 0.05) is 37.7 Å². The molecule has 0 heterocycles. The van der Waals surface area contributed by atoms with Crippen molar-refractivity contribution in [1.29, 1.82) is 0 Å². The number of amides is 1. The first-order chi connectivity index (χ1) is 12.7. The normalized spacial score (nSPS) is 20.4. The average molecular weight is 396 g/mol. The second-order valence-electron chi connectivity index (χ2n) is 7.19. The smallest absolute Gasteiger partial charge is 0.242 e. The lowest BCUT2D eigenvalue weighted by Gasteiger charge is -2.26. The summed E-state index contributed by atoms with van der Waals surface area (Å²) >= 11 is 0. The lowest BCUT2D eigenvalue weighted by atomic mass is 9.92. The van der Waals surface area contributed by atoms with E-state index in [1.54, 1.807) is 0 Å². The SMILES string of the molecule is CC(=O)c1ccc(S(=O)(=O)N(C)CCCC(=O)NC2CCC(N)CC2)cc1. The van der Waals surface area contributed by atoms with Crippen LogP contribution in [-0.2, 0) is 14.8 Å². The Balaban J connectivity index is 1.80. The number of sulfonamides is 1. The summed E-state index contributed by atoms with van der Waals surface area (Å²) < 4.78 is 26.4. The Bertz CT molecular complexity index is 754. The van der Waals surface area contributed by atoms with E-state index in [1.165, 1.54) is 42.5 Å². The molecule has 27 heavy (non-hydrogen) atoms. The van der Waals surface area contributed by atoms with Crippen LogP contribution in [0.2, 0.25) is 0 Å². The number of hydrogen-bond acceptors (Lipinski definition) is 5. The molecule has 8 heteroatoms. The summed E-state index contributed by atoms with van der Waals surface area (Å²) in [4.78, 5) is 23.5. The Hall–Kier alpha value is -1.77. The van der Waals surface area contributed by atoms with Gasteiger partial charge in [0.15, 0.2) is 5.78 Å². The van der Waals surface area contributed by atoms with Gasteiger partial charge >= 0.3 is 0 Å². The minimum Gasteiger partial charge on any atom is -0.353 e. The highest BCUT2D eigenvalue weighted by Crippen LogP contribution is 2.18. The molecule has 0 atom stereocenters. The van der Waals surface area contributed by atoms with Gasteiger partial charge in [0.25, 0.3) is 0 Å². The topological polar surface area (TPSA) is 110 Å². The summed E-state index contributed by atoms with van der Waals surface area (Å²) in [5.41, 5.74) is 6.33. The van der Waals surface area contributed by atoms with Crippen LogP contribution in [0.15, 0.2) is 29.2 Å². The molecule has 1 aromatic carbocycles. The minimum atomic E-state index is -3.64. The molecule has 0 aromatic heterocycles. The Morgan fingerprint density at radius 3 is 2.30 bits per heavy atom. The highest BCUT2D eigenvalue weighted by atomic mass is 32.2. The predicted octanol–water partition coefficient (Wildman–Crippen LogP) is 1.68. The van der Waals surface area contributed by atoms with Crippen molar-refractivity contribution >= 4 is 21.7 Å². The third kappa shape index (κ3) is 6.12. The molecule has 7 nitrogen and oxygen atoms in total. The summed E-state index contributed by atoms with van der Waals surface area (Å²) in [6.07, 6.45) is 4.38. The number of nitrogens with one attached hydrogen (secondary N) is 1. The third-order valence-electron chi connectivity index (χ3n) is 4.98. The molecule has 2 rings (SSSR count). The van der Waals surface area contributed by atoms with Gasteiger partial charge in [-0.15, -0.1) is 0 Å². The van der Waals surface area contributed by atoms with E-state index in [4.69, 9.17) is 5.73 Å². The molecule has 0 bridgehead atoms. The van der Waals surface area contributed by atoms with Crippen molar-refractivity contribution in [2.24, 2.45) is 5.73 Å². The van der Waals surface area contributed by atoms with Crippen LogP contribution in [0.5, 0.6) is 0 Å². The lowest BCUT2D eigenvalue weighted by molar-refractivity contribution is -0.122. The molecule has 1 aromatic rings. The fourth-order valence-corrected chi connectivity index (χ4v) is 4.40. The third-order valence-corrected chi connectivity index (χ3v) is 6.85. The number of carbonyl (C=O) groups excluding carboxylic acids is 2. The van der Waals surface area contributed by atoms with Gasteiger partial charge in [-0.05, 0) is 51.2 Å². The van der Waals surface area contributed by atoms with Crippen molar-refractivity contribution in [2.45, 2.75) is 62.4 Å². The molecule has 150 valence electrons. The zero-order valence-electron chi connectivity index (χ0n) is 16.0. The van der Waals surface area contributed by atoms with Crippen LogP contribution in [0.1, 0.15) is 55.8 Å². The quantitative estimate of drug-likeness (QED) is 0.651. The number of nitrogens with two attached hydrogens (primary N) is 1. The second-order valence-corrected chi connectivity index (χ2v) is 9.23. The van der Waals surface area contributed by atoms with E-state index >= 15 is 0 Å². The number of hydrogen-bond donors (Lipinski definition) is 2. The fourth-order valence-electron chi connectivity index (χ4n) is 3.19. The van der Waals surface area contributed by atoms with Crippen molar-refractivity contribution in [3.8, 4) is 0 Å². The average Bonchev–Trinajstić information content (AvgIpc) is 2.63. The molecule has 0 saturated heterocycles. The molecular formula is C19H29N3O4S. The maximum Gasteiger partial charge on any atom is 0.242 e. The lowest BCUT2D eigenvalue weighted by Crippen LogP contribution is -2.40. The Labute approximate surface area is 161 Å². The molecule has 1 amide bonds. The maximum absolute atomic E-state index is 12.6. The van der Waals surface area contributed by atoms with Crippen LogP contribution in [-0.4, -0.2) is 50.1 Å². The zero-order valence-corrected chi connectivity index (χ0v) is 16.8. The van der Waals surface area contributed by atoms with Crippen LogP contribution in [0.3, 0.4) is 0 Å². The van der Waals surface area contributed by atoms with Crippen molar-refractivity contribution < 1.29 is 18.0 Å². The summed E-state index contributed by atoms with van der Waals surface area (Å²) in [6, 6.07) is 6.30. The number of rotatable bonds is 8. The van der Waals surface area contributed by atoms with Gasteiger partial charge in [-0.25, -0.2) is 12.7 Å². The largest absolute Gasteiger partial charge is 0.353 e. The van der Waals surface area contributed by atoms with Crippen LogP contribution in [0.25, 0.3) is 0 Å². The van der Waals surface area contributed by atoms with Gasteiger partial charge in [0.2, 0.25) is 15.9 Å². The molecule has 1 aliphatic rings. The number of nitrogens with zero attached hydrogens (tertiary/aromatic N) is 1. The molecule has 0 unspecified atom stereocenters. The zero-order chi connectivity index (χ0) is 20.0. The van der Waals surface area contributed by atoms with E-state index in [1.807, 2.05) is 0 Å². The minimum absolute atomic E-state index is 0.0490. The first-order valence-electron chi connectivity index (χ1n) is 9.32. The van der Waals surface area contributed by atoms with Gasteiger partial charge in [-0.2, -0.15) is 0 Å². The molecule has 1 fully saturated rings. The molecule has 0 aliphatic heterocycles. The molecule has 0 spiro atoms. The van der Waals surface area contributed by atoms with Crippen LogP contribution < -0.4 is 11.1 Å². The molecule has 1 aliphatic carbocycles. The second kappa shape index (κ2) is 9.43. The van der Waals surface area contributed by atoms with E-state index in [-0.39, 0.29) is 41.6 Å². The molecule has 1 saturated carbocycles. The van der Waals surface area contributed by atoms with Crippen molar-refractivity contribution in [3.05, 3.63) is 29.8 Å². The van der Waals surface area contributed by atoms with Crippen molar-refractivity contribution in [3.63, 3.8) is 0 Å². The van der Waals surface area contributed by atoms with Gasteiger partial charge in [-0.1, -0.05) is 12.1 Å². The maximum atomic E-state index is 12.6. The Morgan fingerprint density at radius 1 is 1.15 bits per heavy atom. The highest BCUT2D eigenvalue weighted by molar-refractivity contribution is 7.89. The first-order valence-corrected chi connectivity index (χ1v) is 10.8. The molecular weight excluding hydrogens is 366 g/mol. The predicted molar refractivity (Wildman–Crippen MR) is 104 cm³/mol. The van der Waals surface area contributed by atoms with Crippen molar-refractivity contribution in [1.82, 2.24) is 9.62 Å². The van der Waals surface area contributed by atoms with Gasteiger partial charge < -0.3 is 11.1 Å². The number of ketones is 1. The summed E-state index contributed by atoms with van der Waals surface area (Å²) in [5.74, 6) is -0.162. The first kappa shape index (κ1) is 21.5. The number of carbonyl (C=O) groups is 2.